The molecule has 0 fully saturated rings. The van der Waals surface area contributed by atoms with Crippen molar-refractivity contribution < 1.29 is 0 Å². The lowest BCUT2D eigenvalue weighted by Crippen LogP contribution is -1.70. The highest BCUT2D eigenvalue weighted by Crippen LogP contribution is 2.01. The van der Waals surface area contributed by atoms with E-state index in [4.69, 9.17) is 0 Å². The van der Waals surface area contributed by atoms with Crippen molar-refractivity contribution >= 4 is 0 Å². The van der Waals surface area contributed by atoms with Crippen LogP contribution in [0.25, 0.3) is 0 Å². The molecule has 62 valence electrons. The van der Waals surface area contributed by atoms with Crippen molar-refractivity contribution in [2.75, 3.05) is 0 Å². The van der Waals surface area contributed by atoms with Crippen molar-refractivity contribution in [1.29, 1.82) is 0 Å². The van der Waals surface area contributed by atoms with Crippen molar-refractivity contribution in [3.63, 3.8) is 0 Å². The SMILES string of the molecule is C=C(C=CCCC)C=C(C)C. The molecule has 0 unspecified atom stereocenters. The van der Waals surface area contributed by atoms with Gasteiger partial charge in [-0.05, 0) is 25.8 Å². The Labute approximate surface area is 70.3 Å². The van der Waals surface area contributed by atoms with Gasteiger partial charge in [-0.1, -0.05) is 43.7 Å². The number of rotatable bonds is 4. The minimum Gasteiger partial charge on any atom is -0.0918 e. The molecule has 0 saturated carbocycles. The Bertz CT molecular complexity index is 166. The fraction of sp³-hybridized carbons (Fsp3) is 0.455. The summed E-state index contributed by atoms with van der Waals surface area (Å²) >= 11 is 0. The second-order valence-corrected chi connectivity index (χ2v) is 2.99. The molecule has 0 aromatic carbocycles. The summed E-state index contributed by atoms with van der Waals surface area (Å²) in [5.41, 5.74) is 2.40. The molecule has 0 heterocycles. The highest BCUT2D eigenvalue weighted by molar-refractivity contribution is 5.29. The van der Waals surface area contributed by atoms with E-state index in [2.05, 4.69) is 45.6 Å². The molecular weight excluding hydrogens is 132 g/mol. The molecule has 0 aromatic heterocycles. The van der Waals surface area contributed by atoms with Crippen LogP contribution in [0.5, 0.6) is 0 Å². The summed E-state index contributed by atoms with van der Waals surface area (Å²) < 4.78 is 0. The number of unbranched alkanes of at least 4 members (excludes halogenated alkanes) is 1. The predicted octanol–water partition coefficient (Wildman–Crippen LogP) is 3.87. The van der Waals surface area contributed by atoms with Gasteiger partial charge >= 0.3 is 0 Å². The smallest absolute Gasteiger partial charge is 0.0333 e. The van der Waals surface area contributed by atoms with E-state index in [1.807, 2.05) is 0 Å². The zero-order chi connectivity index (χ0) is 8.69. The zero-order valence-corrected chi connectivity index (χ0v) is 7.85. The Kier molecular flexibility index (Phi) is 5.54. The molecule has 0 bridgehead atoms. The Morgan fingerprint density at radius 3 is 2.45 bits per heavy atom. The van der Waals surface area contributed by atoms with E-state index in [1.54, 1.807) is 0 Å². The van der Waals surface area contributed by atoms with Crippen molar-refractivity contribution in [2.24, 2.45) is 0 Å². The van der Waals surface area contributed by atoms with Gasteiger partial charge in [-0.2, -0.15) is 0 Å². The first-order chi connectivity index (χ1) is 5.16. The lowest BCUT2D eigenvalue weighted by atomic mass is 10.2. The Morgan fingerprint density at radius 1 is 1.36 bits per heavy atom. The van der Waals surface area contributed by atoms with Crippen molar-refractivity contribution in [3.8, 4) is 0 Å². The normalized spacial score (nSPS) is 10.1. The third-order valence-corrected chi connectivity index (χ3v) is 1.26. The monoisotopic (exact) mass is 150 g/mol. The van der Waals surface area contributed by atoms with Crippen LogP contribution in [0.15, 0.2) is 36.0 Å². The maximum atomic E-state index is 3.90. The van der Waals surface area contributed by atoms with Crippen LogP contribution in [0.1, 0.15) is 33.6 Å². The molecular formula is C11H18. The van der Waals surface area contributed by atoms with Gasteiger partial charge < -0.3 is 0 Å². The molecule has 0 atom stereocenters. The summed E-state index contributed by atoms with van der Waals surface area (Å²) in [4.78, 5) is 0. The van der Waals surface area contributed by atoms with Crippen LogP contribution >= 0.6 is 0 Å². The van der Waals surface area contributed by atoms with Gasteiger partial charge in [0.1, 0.15) is 0 Å². The third-order valence-electron chi connectivity index (χ3n) is 1.26. The Hall–Kier alpha value is -0.780. The average Bonchev–Trinajstić information content (AvgIpc) is 1.86. The van der Waals surface area contributed by atoms with Crippen LogP contribution in [0, 0.1) is 0 Å². The summed E-state index contributed by atoms with van der Waals surface area (Å²) in [7, 11) is 0. The summed E-state index contributed by atoms with van der Waals surface area (Å²) in [6.07, 6.45) is 8.69. The van der Waals surface area contributed by atoms with E-state index in [9.17, 15) is 0 Å². The fourth-order valence-corrected chi connectivity index (χ4v) is 0.820. The molecule has 0 spiro atoms. The maximum absolute atomic E-state index is 3.90. The molecule has 0 amide bonds. The fourth-order valence-electron chi connectivity index (χ4n) is 0.820. The minimum absolute atomic E-state index is 1.10. The molecule has 0 N–H and O–H groups in total. The molecule has 0 radical (unpaired) electrons. The summed E-state index contributed by atoms with van der Waals surface area (Å²) in [5.74, 6) is 0. The second kappa shape index (κ2) is 5.96. The molecule has 0 heteroatoms. The van der Waals surface area contributed by atoms with Gasteiger partial charge in [0.05, 0.1) is 0 Å². The van der Waals surface area contributed by atoms with Gasteiger partial charge in [0.25, 0.3) is 0 Å². The van der Waals surface area contributed by atoms with Crippen molar-refractivity contribution in [2.45, 2.75) is 33.6 Å². The molecule has 0 aliphatic rings. The molecule has 0 aliphatic carbocycles. The first kappa shape index (κ1) is 10.2. The van der Waals surface area contributed by atoms with E-state index in [0.29, 0.717) is 0 Å². The topological polar surface area (TPSA) is 0 Å². The Balaban J connectivity index is 3.78. The van der Waals surface area contributed by atoms with Gasteiger partial charge in [0, 0.05) is 0 Å². The van der Waals surface area contributed by atoms with Gasteiger partial charge in [0.15, 0.2) is 0 Å². The average molecular weight is 150 g/mol. The summed E-state index contributed by atoms with van der Waals surface area (Å²) in [5, 5.41) is 0. The molecule has 0 aromatic rings. The van der Waals surface area contributed by atoms with Crippen LogP contribution < -0.4 is 0 Å². The van der Waals surface area contributed by atoms with Gasteiger partial charge in [0.2, 0.25) is 0 Å². The highest BCUT2D eigenvalue weighted by atomic mass is 13.9. The van der Waals surface area contributed by atoms with E-state index >= 15 is 0 Å². The van der Waals surface area contributed by atoms with Crippen molar-refractivity contribution in [1.82, 2.24) is 0 Å². The van der Waals surface area contributed by atoms with Crippen LogP contribution in [0.3, 0.4) is 0 Å². The van der Waals surface area contributed by atoms with Crippen LogP contribution in [0.2, 0.25) is 0 Å². The van der Waals surface area contributed by atoms with Crippen molar-refractivity contribution in [3.05, 3.63) is 36.0 Å². The lowest BCUT2D eigenvalue weighted by molar-refractivity contribution is 0.958. The molecule has 0 saturated heterocycles. The van der Waals surface area contributed by atoms with Gasteiger partial charge in [-0.15, -0.1) is 0 Å². The highest BCUT2D eigenvalue weighted by Gasteiger charge is 1.81. The molecule has 0 nitrogen and oxygen atoms in total. The van der Waals surface area contributed by atoms with Gasteiger partial charge in [-0.3, -0.25) is 0 Å². The van der Waals surface area contributed by atoms with E-state index in [0.717, 1.165) is 12.0 Å². The van der Waals surface area contributed by atoms with Gasteiger partial charge in [-0.25, -0.2) is 0 Å². The first-order valence-electron chi connectivity index (χ1n) is 4.17. The quantitative estimate of drug-likeness (QED) is 0.534. The Morgan fingerprint density at radius 2 is 2.00 bits per heavy atom. The lowest BCUT2D eigenvalue weighted by Gasteiger charge is -1.91. The van der Waals surface area contributed by atoms with E-state index in [1.165, 1.54) is 12.0 Å². The number of hydrogen-bond donors (Lipinski definition) is 0. The maximum Gasteiger partial charge on any atom is -0.0333 e. The molecule has 0 rings (SSSR count). The van der Waals surface area contributed by atoms with Crippen LogP contribution in [0.4, 0.5) is 0 Å². The summed E-state index contributed by atoms with van der Waals surface area (Å²) in [6, 6.07) is 0. The number of hydrogen-bond acceptors (Lipinski definition) is 0. The third kappa shape index (κ3) is 7.11. The number of allylic oxidation sites excluding steroid dienone is 5. The van der Waals surface area contributed by atoms with E-state index in [-0.39, 0.29) is 0 Å². The first-order valence-corrected chi connectivity index (χ1v) is 4.17. The largest absolute Gasteiger partial charge is 0.0918 e. The van der Waals surface area contributed by atoms with Crippen LogP contribution in [-0.4, -0.2) is 0 Å². The predicted molar refractivity (Wildman–Crippen MR) is 52.6 cm³/mol. The summed E-state index contributed by atoms with van der Waals surface area (Å²) in [6.45, 7) is 10.2. The molecule has 11 heavy (non-hydrogen) atoms. The van der Waals surface area contributed by atoms with E-state index < -0.39 is 0 Å². The standard InChI is InChI=1S/C11H18/c1-5-6-7-8-11(4)9-10(2)3/h7-9H,4-6H2,1-3H3. The minimum atomic E-state index is 1.10. The molecule has 0 aliphatic heterocycles. The zero-order valence-electron chi connectivity index (χ0n) is 7.85. The van der Waals surface area contributed by atoms with Crippen LogP contribution in [-0.2, 0) is 0 Å². The second-order valence-electron chi connectivity index (χ2n) is 2.99.